The lowest BCUT2D eigenvalue weighted by atomic mass is 10.1. The largest absolute Gasteiger partial charge is 0.491 e. The lowest BCUT2D eigenvalue weighted by molar-refractivity contribution is -0.122. The zero-order chi connectivity index (χ0) is 31.3. The van der Waals surface area contributed by atoms with Crippen LogP contribution < -0.4 is 30.7 Å². The van der Waals surface area contributed by atoms with E-state index in [0.29, 0.717) is 24.7 Å². The molecular formula is C30H39BrN4O6. The third-order valence-corrected chi connectivity index (χ3v) is 6.24. The first-order chi connectivity index (χ1) is 19.3. The van der Waals surface area contributed by atoms with Crippen LogP contribution in [0, 0.1) is 11.8 Å². The molecule has 2 aromatic rings. The molecule has 222 valence electrons. The maximum Gasteiger partial charge on any atom is 0.241 e. The topological polar surface area (TPSA) is 145 Å². The SMILES string of the molecule is C=CC(N)=O.CC.C[C@H]1COc2ccc(/C=C/C(N)=O)cc2N(C)C1=O.C[C@H]1COc2ccc(Br)cc2N(C)C1=O. The van der Waals surface area contributed by atoms with Gasteiger partial charge in [-0.25, -0.2) is 0 Å². The second-order valence-electron chi connectivity index (χ2n) is 8.90. The van der Waals surface area contributed by atoms with Crippen molar-refractivity contribution in [2.45, 2.75) is 27.7 Å². The molecule has 4 N–H and O–H groups in total. The summed E-state index contributed by atoms with van der Waals surface area (Å²) >= 11 is 3.38. The van der Waals surface area contributed by atoms with Crippen molar-refractivity contribution in [3.8, 4) is 11.5 Å². The van der Waals surface area contributed by atoms with Gasteiger partial charge in [-0.3, -0.25) is 19.2 Å². The van der Waals surface area contributed by atoms with Gasteiger partial charge in [-0.1, -0.05) is 56.3 Å². The van der Waals surface area contributed by atoms with Crippen LogP contribution in [-0.2, 0) is 19.2 Å². The Morgan fingerprint density at radius 1 is 0.878 bits per heavy atom. The van der Waals surface area contributed by atoms with E-state index in [4.69, 9.17) is 15.2 Å². The zero-order valence-electron chi connectivity index (χ0n) is 24.3. The molecule has 0 bridgehead atoms. The maximum absolute atomic E-state index is 12.0. The highest BCUT2D eigenvalue weighted by Crippen LogP contribution is 2.34. The van der Waals surface area contributed by atoms with Crippen molar-refractivity contribution < 1.29 is 28.7 Å². The predicted molar refractivity (Wildman–Crippen MR) is 166 cm³/mol. The van der Waals surface area contributed by atoms with Crippen LogP contribution in [0.25, 0.3) is 6.08 Å². The molecule has 0 saturated heterocycles. The van der Waals surface area contributed by atoms with Gasteiger partial charge < -0.3 is 30.7 Å². The molecule has 0 saturated carbocycles. The summed E-state index contributed by atoms with van der Waals surface area (Å²) in [4.78, 5) is 47.3. The molecule has 10 nitrogen and oxygen atoms in total. The Morgan fingerprint density at radius 3 is 1.76 bits per heavy atom. The highest BCUT2D eigenvalue weighted by molar-refractivity contribution is 9.10. The molecule has 0 aromatic heterocycles. The van der Waals surface area contributed by atoms with E-state index in [1.165, 1.54) is 6.08 Å². The third kappa shape index (κ3) is 10.4. The number of carbonyl (C=O) groups is 4. The number of hydrogen-bond acceptors (Lipinski definition) is 6. The quantitative estimate of drug-likeness (QED) is 0.484. The van der Waals surface area contributed by atoms with Gasteiger partial charge in [0.2, 0.25) is 23.6 Å². The fourth-order valence-electron chi connectivity index (χ4n) is 3.55. The second kappa shape index (κ2) is 16.9. The standard InChI is InChI=1S/C14H16N2O3.C11H12BrNO2.C3H5NO.C2H6/c1-9-8-19-12-5-3-10(4-6-13(15)17)7-11(12)16(2)14(9)18;1-7-6-15-10-4-3-8(12)5-9(10)13(2)11(7)14;1-2-3(4)5;1-2/h3-7,9H,8H2,1-2H3,(H2,15,17);3-5,7H,6H2,1-2H3;2H,1H2,(H2,4,5);1-2H3/b6-4+;;;/t9-;7-;;/m00../s1. The Labute approximate surface area is 250 Å². The highest BCUT2D eigenvalue weighted by atomic mass is 79.9. The van der Waals surface area contributed by atoms with Crippen LogP contribution in [0.1, 0.15) is 33.3 Å². The highest BCUT2D eigenvalue weighted by Gasteiger charge is 2.27. The number of benzene rings is 2. The van der Waals surface area contributed by atoms with Crippen molar-refractivity contribution in [2.24, 2.45) is 23.3 Å². The average molecular weight is 632 g/mol. The normalized spacial score (nSPS) is 17.2. The number of nitrogens with zero attached hydrogens (tertiary/aromatic N) is 2. The van der Waals surface area contributed by atoms with E-state index >= 15 is 0 Å². The summed E-state index contributed by atoms with van der Waals surface area (Å²) in [5.41, 5.74) is 11.9. The van der Waals surface area contributed by atoms with Crippen LogP contribution in [0.3, 0.4) is 0 Å². The number of anilines is 2. The van der Waals surface area contributed by atoms with Gasteiger partial charge in [0.1, 0.15) is 11.5 Å². The van der Waals surface area contributed by atoms with Crippen LogP contribution in [0.5, 0.6) is 11.5 Å². The van der Waals surface area contributed by atoms with Crippen molar-refractivity contribution in [1.82, 2.24) is 0 Å². The number of primary amides is 2. The molecule has 0 spiro atoms. The Kier molecular flexibility index (Phi) is 14.4. The Bertz CT molecular complexity index is 1280. The molecular weight excluding hydrogens is 592 g/mol. The summed E-state index contributed by atoms with van der Waals surface area (Å²) in [6.45, 7) is 11.6. The summed E-state index contributed by atoms with van der Waals surface area (Å²) < 4.78 is 12.1. The molecule has 4 rings (SSSR count). The second-order valence-corrected chi connectivity index (χ2v) is 9.82. The average Bonchev–Trinajstić information content (AvgIpc) is 3.14. The van der Waals surface area contributed by atoms with Gasteiger partial charge in [0.05, 0.1) is 36.4 Å². The first-order valence-electron chi connectivity index (χ1n) is 13.0. The summed E-state index contributed by atoms with van der Waals surface area (Å²) in [5.74, 6) is 0.258. The summed E-state index contributed by atoms with van der Waals surface area (Å²) in [5, 5.41) is 0. The van der Waals surface area contributed by atoms with Crippen LogP contribution >= 0.6 is 15.9 Å². The number of hydrogen-bond donors (Lipinski definition) is 2. The van der Waals surface area contributed by atoms with E-state index in [-0.39, 0.29) is 23.7 Å². The first-order valence-corrected chi connectivity index (χ1v) is 13.8. The number of fused-ring (bicyclic) bond motifs is 2. The van der Waals surface area contributed by atoms with E-state index in [0.717, 1.165) is 27.5 Å². The van der Waals surface area contributed by atoms with Crippen molar-refractivity contribution in [2.75, 3.05) is 37.1 Å². The fourth-order valence-corrected chi connectivity index (χ4v) is 3.90. The number of carbonyl (C=O) groups excluding carboxylic acids is 4. The Hall–Kier alpha value is -4.12. The van der Waals surface area contributed by atoms with Gasteiger partial charge in [-0.2, -0.15) is 0 Å². The van der Waals surface area contributed by atoms with E-state index in [2.05, 4.69) is 28.2 Å². The van der Waals surface area contributed by atoms with Gasteiger partial charge in [-0.15, -0.1) is 0 Å². The maximum atomic E-state index is 12.0. The number of ether oxygens (including phenoxy) is 2. The molecule has 0 fully saturated rings. The molecule has 41 heavy (non-hydrogen) atoms. The van der Waals surface area contributed by atoms with Gasteiger partial charge in [0.15, 0.2) is 0 Å². The molecule has 11 heteroatoms. The van der Waals surface area contributed by atoms with Crippen molar-refractivity contribution in [1.29, 1.82) is 0 Å². The first kappa shape index (κ1) is 34.9. The van der Waals surface area contributed by atoms with Crippen LogP contribution in [0.2, 0.25) is 0 Å². The molecule has 2 atom stereocenters. The van der Waals surface area contributed by atoms with Crippen LogP contribution in [0.4, 0.5) is 11.4 Å². The monoisotopic (exact) mass is 630 g/mol. The Balaban J connectivity index is 0.000000341. The summed E-state index contributed by atoms with van der Waals surface area (Å²) in [7, 11) is 3.49. The molecule has 2 aliphatic heterocycles. The summed E-state index contributed by atoms with van der Waals surface area (Å²) in [6, 6.07) is 11.1. The molecule has 2 heterocycles. The van der Waals surface area contributed by atoms with Crippen LogP contribution in [-0.4, -0.2) is 50.9 Å². The molecule has 0 aliphatic carbocycles. The summed E-state index contributed by atoms with van der Waals surface area (Å²) in [6.07, 6.45) is 3.94. The lowest BCUT2D eigenvalue weighted by Gasteiger charge is -2.18. The Morgan fingerprint density at radius 2 is 1.32 bits per heavy atom. The number of nitrogens with two attached hydrogens (primary N) is 2. The smallest absolute Gasteiger partial charge is 0.241 e. The fraction of sp³-hybridized carbons (Fsp3) is 0.333. The van der Waals surface area contributed by atoms with E-state index < -0.39 is 11.8 Å². The minimum Gasteiger partial charge on any atom is -0.491 e. The van der Waals surface area contributed by atoms with Crippen molar-refractivity contribution in [3.63, 3.8) is 0 Å². The predicted octanol–water partition coefficient (Wildman–Crippen LogP) is 4.30. The van der Waals surface area contributed by atoms with Crippen LogP contribution in [0.15, 0.2) is 59.6 Å². The number of halogens is 1. The van der Waals surface area contributed by atoms with E-state index in [9.17, 15) is 19.2 Å². The molecule has 2 aromatic carbocycles. The van der Waals surface area contributed by atoms with Crippen molar-refractivity contribution in [3.05, 3.63) is 65.2 Å². The minimum absolute atomic E-state index is 0.00906. The van der Waals surface area contributed by atoms with Gasteiger partial charge >= 0.3 is 0 Å². The molecule has 4 amide bonds. The van der Waals surface area contributed by atoms with E-state index in [1.54, 1.807) is 42.1 Å². The van der Waals surface area contributed by atoms with Gasteiger partial charge in [-0.05, 0) is 48.0 Å². The van der Waals surface area contributed by atoms with E-state index in [1.807, 2.05) is 52.0 Å². The van der Waals surface area contributed by atoms with Crippen molar-refractivity contribution >= 4 is 57.0 Å². The molecule has 0 radical (unpaired) electrons. The lowest BCUT2D eigenvalue weighted by Crippen LogP contribution is -2.31. The van der Waals surface area contributed by atoms with Gasteiger partial charge in [0, 0.05) is 24.6 Å². The number of amides is 4. The minimum atomic E-state index is -0.510. The third-order valence-electron chi connectivity index (χ3n) is 5.75. The zero-order valence-corrected chi connectivity index (χ0v) is 25.9. The number of rotatable bonds is 3. The van der Waals surface area contributed by atoms with Gasteiger partial charge in [0.25, 0.3) is 0 Å². The molecule has 0 unspecified atom stereocenters. The molecule has 2 aliphatic rings.